The van der Waals surface area contributed by atoms with Gasteiger partial charge in [-0.2, -0.15) is 0 Å². The molecule has 0 unspecified atom stereocenters. The lowest BCUT2D eigenvalue weighted by atomic mass is 10.1. The van der Waals surface area contributed by atoms with Crippen molar-refractivity contribution in [1.82, 2.24) is 4.90 Å². The van der Waals surface area contributed by atoms with Gasteiger partial charge in [0, 0.05) is 12.6 Å². The summed E-state index contributed by atoms with van der Waals surface area (Å²) in [7, 11) is 2.06. The fraction of sp³-hybridized carbons (Fsp3) is 0.786. The number of likely N-dealkylation sites (N-methyl/N-ethyl adjacent to an activating group) is 1. The molecule has 3 heteroatoms. The molecule has 0 aliphatic rings. The van der Waals surface area contributed by atoms with E-state index in [9.17, 15) is 4.79 Å². The normalized spacial score (nSPS) is 10.5. The van der Waals surface area contributed by atoms with Crippen molar-refractivity contribution in [2.45, 2.75) is 45.4 Å². The van der Waals surface area contributed by atoms with Crippen molar-refractivity contribution >= 4 is 5.97 Å². The summed E-state index contributed by atoms with van der Waals surface area (Å²) < 4.78 is 4.92. The van der Waals surface area contributed by atoms with Crippen LogP contribution in [0.15, 0.2) is 12.7 Å². The second-order valence-corrected chi connectivity index (χ2v) is 4.44. The second kappa shape index (κ2) is 11.6. The molecule has 17 heavy (non-hydrogen) atoms. The summed E-state index contributed by atoms with van der Waals surface area (Å²) in [6.45, 7) is 7.93. The molecule has 0 amide bonds. The Labute approximate surface area is 106 Å². The molecule has 0 saturated heterocycles. The molecule has 0 aliphatic heterocycles. The van der Waals surface area contributed by atoms with Crippen molar-refractivity contribution in [3.8, 4) is 0 Å². The number of unbranched alkanes of at least 4 members (excludes halogenated alkanes) is 5. The number of ether oxygens (including phenoxy) is 1. The van der Waals surface area contributed by atoms with Crippen LogP contribution < -0.4 is 0 Å². The molecule has 0 radical (unpaired) electrons. The van der Waals surface area contributed by atoms with E-state index < -0.39 is 0 Å². The lowest BCUT2D eigenvalue weighted by molar-refractivity contribution is -0.138. The standard InChI is InChI=1S/C14H27NO2/c1-4-6-7-8-9-10-11-15(3)12-13-17-14(16)5-2/h5H,2,4,6-13H2,1,3H3. The highest BCUT2D eigenvalue weighted by molar-refractivity contribution is 5.81. The molecule has 3 nitrogen and oxygen atoms in total. The summed E-state index contributed by atoms with van der Waals surface area (Å²) in [5.74, 6) is -0.335. The SMILES string of the molecule is C=CC(=O)OCCN(C)CCCCCCCC. The Morgan fingerprint density at radius 3 is 2.47 bits per heavy atom. The number of carbonyl (C=O) groups excluding carboxylic acids is 1. The molecule has 0 fully saturated rings. The summed E-state index contributed by atoms with van der Waals surface area (Å²) in [5, 5.41) is 0. The van der Waals surface area contributed by atoms with Crippen LogP contribution in [0.3, 0.4) is 0 Å². The maximum atomic E-state index is 10.8. The number of hydrogen-bond acceptors (Lipinski definition) is 3. The van der Waals surface area contributed by atoms with Crippen LogP contribution in [0.4, 0.5) is 0 Å². The van der Waals surface area contributed by atoms with Crippen LogP contribution in [0, 0.1) is 0 Å². The topological polar surface area (TPSA) is 29.5 Å². The van der Waals surface area contributed by atoms with Crippen molar-refractivity contribution < 1.29 is 9.53 Å². The number of nitrogens with zero attached hydrogens (tertiary/aromatic N) is 1. The fourth-order valence-corrected chi connectivity index (χ4v) is 1.63. The average Bonchev–Trinajstić information content (AvgIpc) is 2.33. The first kappa shape index (κ1) is 16.2. The van der Waals surface area contributed by atoms with Crippen molar-refractivity contribution in [2.24, 2.45) is 0 Å². The van der Waals surface area contributed by atoms with E-state index in [4.69, 9.17) is 4.74 Å². The van der Waals surface area contributed by atoms with E-state index in [0.29, 0.717) is 6.61 Å². The van der Waals surface area contributed by atoms with Crippen LogP contribution in [0.5, 0.6) is 0 Å². The third kappa shape index (κ3) is 11.4. The van der Waals surface area contributed by atoms with Crippen LogP contribution in [0.2, 0.25) is 0 Å². The molecule has 0 aromatic heterocycles. The molecule has 0 aliphatic carbocycles. The maximum Gasteiger partial charge on any atom is 0.330 e. The van der Waals surface area contributed by atoms with Gasteiger partial charge in [0.05, 0.1) is 0 Å². The number of rotatable bonds is 11. The molecule has 0 N–H and O–H groups in total. The van der Waals surface area contributed by atoms with E-state index in [-0.39, 0.29) is 5.97 Å². The zero-order valence-corrected chi connectivity index (χ0v) is 11.4. The molecule has 0 bridgehead atoms. The highest BCUT2D eigenvalue weighted by Gasteiger charge is 2.00. The van der Waals surface area contributed by atoms with Crippen molar-refractivity contribution in [3.63, 3.8) is 0 Å². The van der Waals surface area contributed by atoms with E-state index in [1.165, 1.54) is 44.6 Å². The van der Waals surface area contributed by atoms with Gasteiger partial charge in [-0.3, -0.25) is 0 Å². The first-order valence-electron chi connectivity index (χ1n) is 6.68. The van der Waals surface area contributed by atoms with Gasteiger partial charge >= 0.3 is 5.97 Å². The molecule has 0 saturated carbocycles. The van der Waals surface area contributed by atoms with Crippen LogP contribution in [0.1, 0.15) is 45.4 Å². The molecule has 0 aromatic carbocycles. The molecule has 0 aromatic rings. The van der Waals surface area contributed by atoms with Crippen LogP contribution in [-0.4, -0.2) is 37.6 Å². The van der Waals surface area contributed by atoms with Gasteiger partial charge in [-0.1, -0.05) is 45.6 Å². The molecule has 0 spiro atoms. The fourth-order valence-electron chi connectivity index (χ4n) is 1.63. The smallest absolute Gasteiger partial charge is 0.330 e. The van der Waals surface area contributed by atoms with Gasteiger partial charge in [0.15, 0.2) is 0 Å². The lowest BCUT2D eigenvalue weighted by Gasteiger charge is -2.15. The Morgan fingerprint density at radius 1 is 1.18 bits per heavy atom. The third-order valence-corrected chi connectivity index (χ3v) is 2.78. The van der Waals surface area contributed by atoms with Gasteiger partial charge in [-0.25, -0.2) is 4.79 Å². The number of carbonyl (C=O) groups is 1. The molecular formula is C14H27NO2. The van der Waals surface area contributed by atoms with E-state index in [1.54, 1.807) is 0 Å². The highest BCUT2D eigenvalue weighted by atomic mass is 16.5. The first-order chi connectivity index (χ1) is 8.20. The predicted octanol–water partition coefficient (Wildman–Crippen LogP) is 3.01. The van der Waals surface area contributed by atoms with Gasteiger partial charge < -0.3 is 9.64 Å². The predicted molar refractivity (Wildman–Crippen MR) is 72.0 cm³/mol. The van der Waals surface area contributed by atoms with Crippen LogP contribution >= 0.6 is 0 Å². The van der Waals surface area contributed by atoms with Gasteiger partial charge in [-0.15, -0.1) is 0 Å². The summed E-state index contributed by atoms with van der Waals surface area (Å²) in [4.78, 5) is 13.0. The summed E-state index contributed by atoms with van der Waals surface area (Å²) in [5.41, 5.74) is 0. The van der Waals surface area contributed by atoms with Crippen LogP contribution in [-0.2, 0) is 9.53 Å². The molecule has 0 atom stereocenters. The van der Waals surface area contributed by atoms with Gasteiger partial charge in [-0.05, 0) is 20.0 Å². The Bertz CT molecular complexity index is 204. The molecule has 100 valence electrons. The summed E-state index contributed by atoms with van der Waals surface area (Å²) in [6.07, 6.45) is 9.09. The minimum Gasteiger partial charge on any atom is -0.461 e. The third-order valence-electron chi connectivity index (χ3n) is 2.78. The van der Waals surface area contributed by atoms with Gasteiger partial charge in [0.25, 0.3) is 0 Å². The van der Waals surface area contributed by atoms with Gasteiger partial charge in [0.1, 0.15) is 6.61 Å². The Kier molecular flexibility index (Phi) is 11.1. The highest BCUT2D eigenvalue weighted by Crippen LogP contribution is 2.05. The van der Waals surface area contributed by atoms with Crippen molar-refractivity contribution in [2.75, 3.05) is 26.7 Å². The van der Waals surface area contributed by atoms with Crippen molar-refractivity contribution in [1.29, 1.82) is 0 Å². The quantitative estimate of drug-likeness (QED) is 0.316. The zero-order valence-electron chi connectivity index (χ0n) is 11.4. The Balaban J connectivity index is 3.25. The van der Waals surface area contributed by atoms with E-state index in [2.05, 4.69) is 25.5 Å². The van der Waals surface area contributed by atoms with Crippen molar-refractivity contribution in [3.05, 3.63) is 12.7 Å². The summed E-state index contributed by atoms with van der Waals surface area (Å²) in [6, 6.07) is 0. The minimum atomic E-state index is -0.335. The largest absolute Gasteiger partial charge is 0.461 e. The average molecular weight is 241 g/mol. The maximum absolute atomic E-state index is 10.8. The van der Waals surface area contributed by atoms with Crippen LogP contribution in [0.25, 0.3) is 0 Å². The van der Waals surface area contributed by atoms with Gasteiger partial charge in [0.2, 0.25) is 0 Å². The van der Waals surface area contributed by atoms with E-state index in [1.807, 2.05) is 0 Å². The zero-order chi connectivity index (χ0) is 12.9. The Morgan fingerprint density at radius 2 is 1.82 bits per heavy atom. The second-order valence-electron chi connectivity index (χ2n) is 4.44. The lowest BCUT2D eigenvalue weighted by Crippen LogP contribution is -2.25. The Hall–Kier alpha value is -0.830. The molecule has 0 heterocycles. The number of hydrogen-bond donors (Lipinski definition) is 0. The molecular weight excluding hydrogens is 214 g/mol. The summed E-state index contributed by atoms with van der Waals surface area (Å²) >= 11 is 0. The number of esters is 1. The first-order valence-corrected chi connectivity index (χ1v) is 6.68. The monoisotopic (exact) mass is 241 g/mol. The van der Waals surface area contributed by atoms with E-state index >= 15 is 0 Å². The molecule has 0 rings (SSSR count). The minimum absolute atomic E-state index is 0.335. The van der Waals surface area contributed by atoms with E-state index in [0.717, 1.165) is 13.1 Å².